The summed E-state index contributed by atoms with van der Waals surface area (Å²) in [4.78, 5) is 12.7. The summed E-state index contributed by atoms with van der Waals surface area (Å²) in [6.45, 7) is 1.66. The van der Waals surface area contributed by atoms with Crippen LogP contribution < -0.4 is 5.32 Å². The lowest BCUT2D eigenvalue weighted by Gasteiger charge is -2.43. The van der Waals surface area contributed by atoms with Crippen molar-refractivity contribution in [3.63, 3.8) is 0 Å². The van der Waals surface area contributed by atoms with E-state index in [0.29, 0.717) is 6.54 Å². The first-order valence-corrected chi connectivity index (χ1v) is 8.01. The monoisotopic (exact) mass is 297 g/mol. The summed E-state index contributed by atoms with van der Waals surface area (Å²) < 4.78 is 0. The van der Waals surface area contributed by atoms with Crippen LogP contribution in [-0.4, -0.2) is 36.0 Å². The van der Waals surface area contributed by atoms with Crippen LogP contribution in [0.5, 0.6) is 0 Å². The smallest absolute Gasteiger partial charge is 0.311 e. The van der Waals surface area contributed by atoms with Gasteiger partial charge in [-0.15, -0.1) is 0 Å². The molecule has 2 rings (SSSR count). The van der Waals surface area contributed by atoms with E-state index in [4.69, 9.17) is 0 Å². The van der Waals surface area contributed by atoms with Gasteiger partial charge in [-0.05, 0) is 32.5 Å². The van der Waals surface area contributed by atoms with Crippen LogP contribution in [0.3, 0.4) is 0 Å². The van der Waals surface area contributed by atoms with Crippen molar-refractivity contribution in [3.8, 4) is 0 Å². The van der Waals surface area contributed by atoms with E-state index in [0.717, 1.165) is 12.1 Å². The molecule has 0 radical (unpaired) electrons. The molecule has 1 N–H and O–H groups in total. The van der Waals surface area contributed by atoms with E-state index in [-0.39, 0.29) is 15.5 Å². The Bertz CT molecular complexity index is 453. The molecule has 0 aromatic carbocycles. The average Bonchev–Trinajstić information content (AvgIpc) is 2.89. The number of hydrogen-bond donors (Lipinski definition) is 1. The van der Waals surface area contributed by atoms with Gasteiger partial charge in [0.1, 0.15) is 0 Å². The van der Waals surface area contributed by atoms with Gasteiger partial charge in [0.2, 0.25) is 0 Å². The lowest BCUT2D eigenvalue weighted by atomic mass is 9.80. The summed E-state index contributed by atoms with van der Waals surface area (Å²) in [5, 5.41) is 16.2. The summed E-state index contributed by atoms with van der Waals surface area (Å²) in [6.07, 6.45) is 6.40. The molecule has 6 heteroatoms. The highest BCUT2D eigenvalue weighted by molar-refractivity contribution is 7.13. The Labute approximate surface area is 124 Å². The van der Waals surface area contributed by atoms with Crippen LogP contribution in [0.4, 0.5) is 5.00 Å². The number of thiophene rings is 1. The van der Waals surface area contributed by atoms with Gasteiger partial charge in [0, 0.05) is 30.1 Å². The van der Waals surface area contributed by atoms with Crippen LogP contribution >= 0.6 is 11.3 Å². The first-order valence-electron chi connectivity index (χ1n) is 7.13. The van der Waals surface area contributed by atoms with Gasteiger partial charge in [-0.3, -0.25) is 10.1 Å². The molecule has 1 aliphatic carbocycles. The molecule has 0 bridgehead atoms. The van der Waals surface area contributed by atoms with E-state index in [9.17, 15) is 10.1 Å². The van der Waals surface area contributed by atoms with Gasteiger partial charge < -0.3 is 10.2 Å². The molecule has 20 heavy (non-hydrogen) atoms. The Balaban J connectivity index is 1.88. The molecule has 0 amide bonds. The van der Waals surface area contributed by atoms with Crippen molar-refractivity contribution in [3.05, 3.63) is 27.1 Å². The van der Waals surface area contributed by atoms with Crippen molar-refractivity contribution >= 4 is 16.3 Å². The van der Waals surface area contributed by atoms with Crippen molar-refractivity contribution in [2.24, 2.45) is 0 Å². The van der Waals surface area contributed by atoms with Crippen LogP contribution in [0, 0.1) is 10.1 Å². The minimum Gasteiger partial charge on any atom is -0.311 e. The van der Waals surface area contributed by atoms with Gasteiger partial charge in [-0.25, -0.2) is 0 Å². The topological polar surface area (TPSA) is 58.4 Å². The number of nitrogens with zero attached hydrogens (tertiary/aromatic N) is 2. The molecule has 1 heterocycles. The van der Waals surface area contributed by atoms with Crippen molar-refractivity contribution < 1.29 is 4.92 Å². The number of nitrogens with one attached hydrogen (secondary N) is 1. The van der Waals surface area contributed by atoms with Crippen molar-refractivity contribution in [1.82, 2.24) is 10.2 Å². The van der Waals surface area contributed by atoms with Gasteiger partial charge >= 0.3 is 5.00 Å². The summed E-state index contributed by atoms with van der Waals surface area (Å²) in [5.41, 5.74) is 1.26. The zero-order valence-corrected chi connectivity index (χ0v) is 13.0. The fourth-order valence-corrected chi connectivity index (χ4v) is 3.71. The summed E-state index contributed by atoms with van der Waals surface area (Å²) >= 11 is 1.20. The lowest BCUT2D eigenvalue weighted by molar-refractivity contribution is -0.380. The van der Waals surface area contributed by atoms with E-state index in [1.807, 2.05) is 5.38 Å². The Morgan fingerprint density at radius 2 is 2.10 bits per heavy atom. The highest BCUT2D eigenvalue weighted by Crippen LogP contribution is 2.31. The molecular formula is C14H23N3O2S. The number of hydrogen-bond acceptors (Lipinski definition) is 5. The predicted octanol–water partition coefficient (Wildman–Crippen LogP) is 3.01. The van der Waals surface area contributed by atoms with E-state index >= 15 is 0 Å². The molecule has 1 saturated carbocycles. The standard InChI is InChI=1S/C14H23N3O2S/c1-16(2)14(6-4-3-5-7-14)11-15-9-12-8-13(17(18)19)20-10-12/h8,10,15H,3-7,9,11H2,1-2H3. The summed E-state index contributed by atoms with van der Waals surface area (Å²) in [7, 11) is 4.31. The molecule has 0 saturated heterocycles. The Kier molecular flexibility index (Phi) is 5.12. The quantitative estimate of drug-likeness (QED) is 0.648. The van der Waals surface area contributed by atoms with Crippen LogP contribution in [0.25, 0.3) is 0 Å². The summed E-state index contributed by atoms with van der Waals surface area (Å²) in [5.74, 6) is 0. The van der Waals surface area contributed by atoms with Crippen LogP contribution in [0.1, 0.15) is 37.7 Å². The second-order valence-electron chi connectivity index (χ2n) is 5.83. The predicted molar refractivity (Wildman–Crippen MR) is 82.2 cm³/mol. The number of likely N-dealkylation sites (N-methyl/N-ethyl adjacent to an activating group) is 1. The molecular weight excluding hydrogens is 274 g/mol. The maximum Gasteiger partial charge on any atom is 0.324 e. The third-order valence-corrected chi connectivity index (χ3v) is 5.27. The maximum atomic E-state index is 10.7. The molecule has 0 aliphatic heterocycles. The lowest BCUT2D eigenvalue weighted by Crippen LogP contribution is -2.52. The first kappa shape index (κ1) is 15.4. The van der Waals surface area contributed by atoms with Crippen LogP contribution in [0.2, 0.25) is 0 Å². The molecule has 0 atom stereocenters. The van der Waals surface area contributed by atoms with Gasteiger partial charge in [0.25, 0.3) is 0 Å². The van der Waals surface area contributed by atoms with Crippen molar-refractivity contribution in [2.75, 3.05) is 20.6 Å². The summed E-state index contributed by atoms with van der Waals surface area (Å²) in [6, 6.07) is 1.67. The first-order chi connectivity index (χ1) is 9.53. The zero-order valence-electron chi connectivity index (χ0n) is 12.2. The second kappa shape index (κ2) is 6.65. The molecule has 1 aromatic heterocycles. The molecule has 112 valence electrons. The van der Waals surface area contributed by atoms with E-state index in [1.165, 1.54) is 43.4 Å². The molecule has 0 unspecified atom stereocenters. The van der Waals surface area contributed by atoms with Crippen LogP contribution in [0.15, 0.2) is 11.4 Å². The Morgan fingerprint density at radius 1 is 1.40 bits per heavy atom. The van der Waals surface area contributed by atoms with E-state index < -0.39 is 0 Å². The molecule has 5 nitrogen and oxygen atoms in total. The molecule has 1 aliphatic rings. The maximum absolute atomic E-state index is 10.7. The number of rotatable bonds is 6. The Hall–Kier alpha value is -0.980. The van der Waals surface area contributed by atoms with Crippen LogP contribution in [-0.2, 0) is 6.54 Å². The second-order valence-corrected chi connectivity index (χ2v) is 6.72. The van der Waals surface area contributed by atoms with Gasteiger partial charge in [0.15, 0.2) is 0 Å². The molecule has 1 aromatic rings. The zero-order chi connectivity index (χ0) is 14.6. The highest BCUT2D eigenvalue weighted by Gasteiger charge is 2.33. The average molecular weight is 297 g/mol. The minimum absolute atomic E-state index is 0.224. The van der Waals surface area contributed by atoms with Crippen molar-refractivity contribution in [2.45, 2.75) is 44.2 Å². The highest BCUT2D eigenvalue weighted by atomic mass is 32.1. The minimum atomic E-state index is -0.323. The fraction of sp³-hybridized carbons (Fsp3) is 0.714. The normalized spacial score (nSPS) is 18.4. The van der Waals surface area contributed by atoms with E-state index in [2.05, 4.69) is 24.3 Å². The van der Waals surface area contributed by atoms with Gasteiger partial charge in [-0.1, -0.05) is 30.6 Å². The Morgan fingerprint density at radius 3 is 2.65 bits per heavy atom. The molecule has 0 spiro atoms. The number of nitro groups is 1. The SMILES string of the molecule is CN(C)C1(CNCc2csc([N+](=O)[O-])c2)CCCCC1. The largest absolute Gasteiger partial charge is 0.324 e. The van der Waals surface area contributed by atoms with Gasteiger partial charge in [0.05, 0.1) is 4.92 Å². The fourth-order valence-electron chi connectivity index (χ4n) is 2.98. The van der Waals surface area contributed by atoms with E-state index in [1.54, 1.807) is 6.07 Å². The molecule has 1 fully saturated rings. The third kappa shape index (κ3) is 3.56. The third-order valence-electron chi connectivity index (χ3n) is 4.34. The van der Waals surface area contributed by atoms with Crippen molar-refractivity contribution in [1.29, 1.82) is 0 Å². The van der Waals surface area contributed by atoms with Gasteiger partial charge in [-0.2, -0.15) is 0 Å².